The largest absolute Gasteiger partial charge is 0.496 e. The van der Waals surface area contributed by atoms with Gasteiger partial charge in [-0.15, -0.1) is 0 Å². The first-order valence-corrected chi connectivity index (χ1v) is 11.2. The molecule has 182 valence electrons. The molecule has 3 heterocycles. The highest BCUT2D eigenvalue weighted by atomic mass is 32.1. The van der Waals surface area contributed by atoms with Gasteiger partial charge in [0, 0.05) is 13.1 Å². The van der Waals surface area contributed by atoms with Gasteiger partial charge >= 0.3 is 0 Å². The number of aryl methyl sites for hydroxylation is 1. The van der Waals surface area contributed by atoms with Crippen LogP contribution in [0.2, 0.25) is 0 Å². The number of aromatic nitrogens is 3. The van der Waals surface area contributed by atoms with Crippen molar-refractivity contribution in [2.75, 3.05) is 24.8 Å². The number of alkyl halides is 1. The number of hydrogen-bond acceptors (Lipinski definition) is 8. The molecule has 0 radical (unpaired) electrons. The molecule has 2 aromatic heterocycles. The van der Waals surface area contributed by atoms with E-state index in [1.165, 1.54) is 24.1 Å². The number of amides is 1. The van der Waals surface area contributed by atoms with Crippen LogP contribution in [0.3, 0.4) is 0 Å². The molecular formula is C21H23F3N6O3S. The molecule has 3 unspecified atom stereocenters. The average molecular weight is 497 g/mol. The fraction of sp³-hybridized carbons (Fsp3) is 0.381. The van der Waals surface area contributed by atoms with Crippen molar-refractivity contribution in [3.8, 4) is 16.3 Å². The Hall–Kier alpha value is -3.16. The van der Waals surface area contributed by atoms with E-state index in [2.05, 4.69) is 15.4 Å². The Labute approximate surface area is 196 Å². The van der Waals surface area contributed by atoms with Crippen LogP contribution in [0, 0.1) is 11.6 Å². The van der Waals surface area contributed by atoms with E-state index in [9.17, 15) is 18.0 Å². The number of ether oxygens (including phenoxy) is 2. The van der Waals surface area contributed by atoms with E-state index in [1.54, 1.807) is 7.05 Å². The van der Waals surface area contributed by atoms with Crippen molar-refractivity contribution >= 4 is 27.9 Å². The molecule has 4 rings (SSSR count). The fourth-order valence-corrected chi connectivity index (χ4v) is 4.64. The number of benzene rings is 1. The highest BCUT2D eigenvalue weighted by Crippen LogP contribution is 2.39. The second kappa shape index (κ2) is 9.60. The summed E-state index contributed by atoms with van der Waals surface area (Å²) in [6.07, 6.45) is 0.431. The van der Waals surface area contributed by atoms with E-state index >= 15 is 0 Å². The summed E-state index contributed by atoms with van der Waals surface area (Å²) in [5, 5.41) is 6.84. The Morgan fingerprint density at radius 3 is 2.85 bits per heavy atom. The molecule has 34 heavy (non-hydrogen) atoms. The van der Waals surface area contributed by atoms with Gasteiger partial charge in [-0.2, -0.15) is 5.10 Å². The molecule has 1 amide bonds. The van der Waals surface area contributed by atoms with Gasteiger partial charge in [0.15, 0.2) is 17.3 Å². The molecule has 1 saturated heterocycles. The van der Waals surface area contributed by atoms with Crippen molar-refractivity contribution in [2.24, 2.45) is 12.8 Å². The van der Waals surface area contributed by atoms with Crippen LogP contribution in [0.25, 0.3) is 10.6 Å². The number of nitrogens with one attached hydrogen (secondary N) is 1. The normalized spacial score (nSPS) is 20.7. The molecule has 5 N–H and O–H groups in total. The Kier molecular flexibility index (Phi) is 6.77. The summed E-state index contributed by atoms with van der Waals surface area (Å²) in [4.78, 5) is 17.1. The van der Waals surface area contributed by atoms with Crippen molar-refractivity contribution in [1.82, 2.24) is 14.8 Å². The predicted octanol–water partition coefficient (Wildman–Crippen LogP) is 3.18. The van der Waals surface area contributed by atoms with Crippen molar-refractivity contribution in [3.05, 3.63) is 41.4 Å². The maximum Gasteiger partial charge on any atom is 0.277 e. The lowest BCUT2D eigenvalue weighted by Gasteiger charge is -2.17. The fourth-order valence-electron chi connectivity index (χ4n) is 3.77. The van der Waals surface area contributed by atoms with Gasteiger partial charge in [-0.3, -0.25) is 9.48 Å². The van der Waals surface area contributed by atoms with Gasteiger partial charge in [0.1, 0.15) is 28.0 Å². The number of nitrogens with zero attached hydrogens (tertiary/aromatic N) is 3. The minimum Gasteiger partial charge on any atom is -0.496 e. The Bertz CT molecular complexity index is 1200. The minimum absolute atomic E-state index is 0.000570. The molecular weight excluding hydrogens is 473 g/mol. The van der Waals surface area contributed by atoms with Crippen molar-refractivity contribution in [3.63, 3.8) is 0 Å². The molecule has 3 atom stereocenters. The van der Waals surface area contributed by atoms with Crippen molar-refractivity contribution in [1.29, 1.82) is 0 Å². The van der Waals surface area contributed by atoms with E-state index in [-0.39, 0.29) is 33.6 Å². The maximum atomic E-state index is 14.5. The molecule has 0 bridgehead atoms. The molecule has 1 aliphatic rings. The highest BCUT2D eigenvalue weighted by molar-refractivity contribution is 7.19. The van der Waals surface area contributed by atoms with Gasteiger partial charge in [-0.05, 0) is 25.0 Å². The highest BCUT2D eigenvalue weighted by Gasteiger charge is 2.30. The van der Waals surface area contributed by atoms with Crippen LogP contribution in [0.5, 0.6) is 5.75 Å². The van der Waals surface area contributed by atoms with Gasteiger partial charge in [0.05, 0.1) is 36.9 Å². The first-order chi connectivity index (χ1) is 16.2. The quantitative estimate of drug-likeness (QED) is 0.495. The molecule has 1 aromatic carbocycles. The number of thiazole rings is 1. The van der Waals surface area contributed by atoms with E-state index in [1.807, 2.05) is 0 Å². The number of carbonyl (C=O) groups excluding carboxylic acids is 1. The number of rotatable bonds is 5. The van der Waals surface area contributed by atoms with Gasteiger partial charge in [-0.1, -0.05) is 11.3 Å². The van der Waals surface area contributed by atoms with Gasteiger partial charge in [-0.25, -0.2) is 18.2 Å². The summed E-state index contributed by atoms with van der Waals surface area (Å²) >= 11 is 0.818. The van der Waals surface area contributed by atoms with Gasteiger partial charge in [0.2, 0.25) is 0 Å². The van der Waals surface area contributed by atoms with E-state index in [0.29, 0.717) is 24.2 Å². The summed E-state index contributed by atoms with van der Waals surface area (Å²) < 4.78 is 54.6. The number of halogens is 3. The molecule has 0 saturated carbocycles. The molecule has 1 aliphatic heterocycles. The second-order valence-electron chi connectivity index (χ2n) is 7.77. The third-order valence-corrected chi connectivity index (χ3v) is 6.48. The van der Waals surface area contributed by atoms with Gasteiger partial charge < -0.3 is 26.3 Å². The number of methoxy groups -OCH3 is 1. The van der Waals surface area contributed by atoms with Crippen LogP contribution in [0.1, 0.15) is 35.1 Å². The molecule has 13 heteroatoms. The maximum absolute atomic E-state index is 14.5. The number of hydrogen-bond donors (Lipinski definition) is 3. The van der Waals surface area contributed by atoms with Gasteiger partial charge in [0.25, 0.3) is 5.91 Å². The monoisotopic (exact) mass is 496 g/mol. The minimum atomic E-state index is -1.29. The number of anilines is 2. The van der Waals surface area contributed by atoms with Crippen molar-refractivity contribution in [2.45, 2.75) is 31.2 Å². The predicted molar refractivity (Wildman–Crippen MR) is 120 cm³/mol. The van der Waals surface area contributed by atoms with Crippen LogP contribution in [-0.2, 0) is 11.8 Å². The number of nitrogens with two attached hydrogens (primary N) is 2. The van der Waals surface area contributed by atoms with Crippen LogP contribution < -0.4 is 21.5 Å². The first kappa shape index (κ1) is 24.0. The van der Waals surface area contributed by atoms with Crippen molar-refractivity contribution < 1.29 is 27.4 Å². The summed E-state index contributed by atoms with van der Waals surface area (Å²) in [7, 11) is 2.97. The zero-order valence-corrected chi connectivity index (χ0v) is 19.2. The zero-order chi connectivity index (χ0) is 24.6. The summed E-state index contributed by atoms with van der Waals surface area (Å²) in [6.45, 7) is -0.173. The molecule has 3 aromatic rings. The third-order valence-electron chi connectivity index (χ3n) is 5.58. The topological polar surface area (TPSA) is 130 Å². The Morgan fingerprint density at radius 1 is 1.35 bits per heavy atom. The van der Waals surface area contributed by atoms with Crippen LogP contribution in [0.4, 0.5) is 23.9 Å². The number of carbonyl (C=O) groups is 1. The smallest absolute Gasteiger partial charge is 0.277 e. The molecule has 0 aliphatic carbocycles. The standard InChI is InChI=1S/C21H23F3N6O3S/c1-30-18(14-6-4-11(25)10(23)8-33-14)12(7-27-30)28-20(31)17-19(26)34-21(29-17)15-13(32-2)5-3-9(22)16(15)24/h3,5,7,10-11,14H,4,6,8,25-26H2,1-2H3,(H,28,31). The lowest BCUT2D eigenvalue weighted by Crippen LogP contribution is -2.32. The van der Waals surface area contributed by atoms with E-state index < -0.39 is 35.9 Å². The van der Waals surface area contributed by atoms with Crippen LogP contribution in [-0.4, -0.2) is 46.6 Å². The lowest BCUT2D eigenvalue weighted by molar-refractivity contribution is 0.0247. The SMILES string of the molecule is COc1ccc(F)c(F)c1-c1nc(C(=O)Nc2cnn(C)c2C2CCC(N)C(F)CO2)c(N)s1. The number of nitrogen functional groups attached to an aromatic ring is 1. The Morgan fingerprint density at radius 2 is 2.12 bits per heavy atom. The summed E-state index contributed by atoms with van der Waals surface area (Å²) in [5.74, 6) is -2.89. The zero-order valence-electron chi connectivity index (χ0n) is 18.3. The lowest BCUT2D eigenvalue weighted by atomic mass is 10.0. The van der Waals surface area contributed by atoms with E-state index in [4.69, 9.17) is 20.9 Å². The Balaban J connectivity index is 1.61. The second-order valence-corrected chi connectivity index (χ2v) is 8.80. The molecule has 1 fully saturated rings. The third kappa shape index (κ3) is 4.45. The van der Waals surface area contributed by atoms with Crippen LogP contribution >= 0.6 is 11.3 Å². The molecule has 0 spiro atoms. The first-order valence-electron chi connectivity index (χ1n) is 10.3. The molecule has 9 nitrogen and oxygen atoms in total. The summed E-state index contributed by atoms with van der Waals surface area (Å²) in [6, 6.07) is 1.55. The summed E-state index contributed by atoms with van der Waals surface area (Å²) in [5.41, 5.74) is 12.2. The average Bonchev–Trinajstić information content (AvgIpc) is 3.32. The van der Waals surface area contributed by atoms with E-state index in [0.717, 1.165) is 17.4 Å². The van der Waals surface area contributed by atoms with Crippen LogP contribution in [0.15, 0.2) is 18.3 Å².